The fraction of sp³-hybridized carbons (Fsp3) is 0.350. The standard InChI is InChI=1S/C20H24ClN3S/c1-15-4-3-11-24(14-15)19-9-7-16(8-10-19)13-22-20(25)23-18-6-2-5-17(21)12-18/h2,5-10,12,15H,3-4,11,13-14H2,1H3,(H2,22,23,25)/t15-/m0/s1. The summed E-state index contributed by atoms with van der Waals surface area (Å²) < 4.78 is 0. The zero-order valence-corrected chi connectivity index (χ0v) is 16.0. The summed E-state index contributed by atoms with van der Waals surface area (Å²) in [6, 6.07) is 16.3. The first-order valence-electron chi connectivity index (χ1n) is 8.74. The van der Waals surface area contributed by atoms with Gasteiger partial charge in [0.1, 0.15) is 0 Å². The summed E-state index contributed by atoms with van der Waals surface area (Å²) in [5.41, 5.74) is 3.42. The van der Waals surface area contributed by atoms with Crippen molar-refractivity contribution in [3.8, 4) is 0 Å². The van der Waals surface area contributed by atoms with Crippen LogP contribution in [0.25, 0.3) is 0 Å². The van der Waals surface area contributed by atoms with Gasteiger partial charge in [0, 0.05) is 36.0 Å². The van der Waals surface area contributed by atoms with Gasteiger partial charge in [-0.1, -0.05) is 36.7 Å². The van der Waals surface area contributed by atoms with Crippen molar-refractivity contribution < 1.29 is 0 Å². The highest BCUT2D eigenvalue weighted by Gasteiger charge is 2.16. The van der Waals surface area contributed by atoms with Gasteiger partial charge >= 0.3 is 0 Å². The van der Waals surface area contributed by atoms with Crippen LogP contribution in [0, 0.1) is 5.92 Å². The van der Waals surface area contributed by atoms with Crippen LogP contribution in [0.5, 0.6) is 0 Å². The molecule has 0 amide bonds. The van der Waals surface area contributed by atoms with E-state index in [9.17, 15) is 0 Å². The predicted molar refractivity (Wildman–Crippen MR) is 112 cm³/mol. The Labute approximate surface area is 160 Å². The van der Waals surface area contributed by atoms with Crippen molar-refractivity contribution >= 4 is 40.3 Å². The minimum atomic E-state index is 0.594. The fourth-order valence-corrected chi connectivity index (χ4v) is 3.55. The molecule has 132 valence electrons. The average Bonchev–Trinajstić information content (AvgIpc) is 2.60. The van der Waals surface area contributed by atoms with Crippen LogP contribution in [-0.2, 0) is 6.54 Å². The van der Waals surface area contributed by atoms with E-state index in [2.05, 4.69) is 46.7 Å². The Hall–Kier alpha value is -1.78. The van der Waals surface area contributed by atoms with Crippen LogP contribution in [0.15, 0.2) is 48.5 Å². The third kappa shape index (κ3) is 5.35. The third-order valence-corrected chi connectivity index (χ3v) is 4.98. The molecule has 5 heteroatoms. The molecule has 1 saturated heterocycles. The summed E-state index contributed by atoms with van der Waals surface area (Å²) in [6.45, 7) is 5.35. The molecule has 0 aliphatic carbocycles. The summed E-state index contributed by atoms with van der Waals surface area (Å²) >= 11 is 11.3. The maximum atomic E-state index is 5.98. The number of hydrogen-bond acceptors (Lipinski definition) is 2. The number of hydrogen-bond donors (Lipinski definition) is 2. The molecular weight excluding hydrogens is 350 g/mol. The summed E-state index contributed by atoms with van der Waals surface area (Å²) in [7, 11) is 0. The molecule has 1 aliphatic rings. The first-order chi connectivity index (χ1) is 12.1. The minimum absolute atomic E-state index is 0.594. The SMILES string of the molecule is C[C@H]1CCCN(c2ccc(CNC(=S)Nc3cccc(Cl)c3)cc2)C1. The van der Waals surface area contributed by atoms with Gasteiger partial charge in [-0.3, -0.25) is 0 Å². The van der Waals surface area contributed by atoms with Crippen LogP contribution in [-0.4, -0.2) is 18.2 Å². The van der Waals surface area contributed by atoms with Crippen LogP contribution >= 0.6 is 23.8 Å². The van der Waals surface area contributed by atoms with Gasteiger partial charge in [0.05, 0.1) is 0 Å². The van der Waals surface area contributed by atoms with Crippen molar-refractivity contribution in [1.29, 1.82) is 0 Å². The number of nitrogens with one attached hydrogen (secondary N) is 2. The van der Waals surface area contributed by atoms with E-state index < -0.39 is 0 Å². The first kappa shape index (κ1) is 18.0. The van der Waals surface area contributed by atoms with Crippen LogP contribution in [0.2, 0.25) is 5.02 Å². The maximum Gasteiger partial charge on any atom is 0.171 e. The van der Waals surface area contributed by atoms with Gasteiger partial charge in [0.2, 0.25) is 0 Å². The monoisotopic (exact) mass is 373 g/mol. The molecule has 0 aromatic heterocycles. The smallest absolute Gasteiger partial charge is 0.171 e. The van der Waals surface area contributed by atoms with Crippen molar-refractivity contribution in [3.05, 3.63) is 59.1 Å². The van der Waals surface area contributed by atoms with E-state index in [0.29, 0.717) is 16.7 Å². The molecule has 2 N–H and O–H groups in total. The largest absolute Gasteiger partial charge is 0.371 e. The van der Waals surface area contributed by atoms with E-state index in [1.165, 1.54) is 24.1 Å². The molecule has 25 heavy (non-hydrogen) atoms. The Kier molecular flexibility index (Phi) is 6.16. The molecule has 0 bridgehead atoms. The molecule has 0 saturated carbocycles. The van der Waals surface area contributed by atoms with Crippen molar-refractivity contribution in [2.24, 2.45) is 5.92 Å². The predicted octanol–water partition coefficient (Wildman–Crippen LogP) is 5.06. The van der Waals surface area contributed by atoms with E-state index >= 15 is 0 Å². The third-order valence-electron chi connectivity index (χ3n) is 4.49. The number of benzene rings is 2. The first-order valence-corrected chi connectivity index (χ1v) is 9.53. The van der Waals surface area contributed by atoms with E-state index in [1.807, 2.05) is 24.3 Å². The second kappa shape index (κ2) is 8.54. The Balaban J connectivity index is 1.50. The molecule has 0 radical (unpaired) electrons. The minimum Gasteiger partial charge on any atom is -0.371 e. The van der Waals surface area contributed by atoms with Crippen molar-refractivity contribution in [1.82, 2.24) is 5.32 Å². The Bertz CT molecular complexity index is 717. The lowest BCUT2D eigenvalue weighted by Crippen LogP contribution is -2.34. The molecule has 1 atom stereocenters. The van der Waals surface area contributed by atoms with E-state index in [0.717, 1.165) is 24.7 Å². The Morgan fingerprint density at radius 3 is 2.76 bits per heavy atom. The van der Waals surface area contributed by atoms with Crippen LogP contribution in [0.4, 0.5) is 11.4 Å². The van der Waals surface area contributed by atoms with Crippen molar-refractivity contribution in [2.45, 2.75) is 26.3 Å². The molecule has 3 rings (SSSR count). The average molecular weight is 374 g/mol. The van der Waals surface area contributed by atoms with Gasteiger partial charge in [-0.15, -0.1) is 0 Å². The Morgan fingerprint density at radius 2 is 2.04 bits per heavy atom. The molecule has 1 aliphatic heterocycles. The van der Waals surface area contributed by atoms with Gasteiger partial charge in [-0.05, 0) is 66.9 Å². The highest BCUT2D eigenvalue weighted by Crippen LogP contribution is 2.23. The second-order valence-corrected chi connectivity index (χ2v) is 7.52. The van der Waals surface area contributed by atoms with Crippen molar-refractivity contribution in [3.63, 3.8) is 0 Å². The second-order valence-electron chi connectivity index (χ2n) is 6.68. The number of nitrogens with zero attached hydrogens (tertiary/aromatic N) is 1. The molecule has 1 fully saturated rings. The number of thiocarbonyl (C=S) groups is 1. The van der Waals surface area contributed by atoms with Gasteiger partial charge in [0.25, 0.3) is 0 Å². The number of rotatable bonds is 4. The topological polar surface area (TPSA) is 27.3 Å². The van der Waals surface area contributed by atoms with Gasteiger partial charge in [-0.2, -0.15) is 0 Å². The van der Waals surface area contributed by atoms with E-state index in [1.54, 1.807) is 0 Å². The molecular formula is C20H24ClN3S. The lowest BCUT2D eigenvalue weighted by Gasteiger charge is -2.32. The van der Waals surface area contributed by atoms with Gasteiger partial charge in [0.15, 0.2) is 5.11 Å². The van der Waals surface area contributed by atoms with Gasteiger partial charge < -0.3 is 15.5 Å². The molecule has 1 heterocycles. The summed E-state index contributed by atoms with van der Waals surface area (Å²) in [4.78, 5) is 2.48. The van der Waals surface area contributed by atoms with E-state index in [4.69, 9.17) is 23.8 Å². The zero-order chi connectivity index (χ0) is 17.6. The molecule has 0 spiro atoms. The highest BCUT2D eigenvalue weighted by molar-refractivity contribution is 7.80. The maximum absolute atomic E-state index is 5.98. The number of piperidine rings is 1. The summed E-state index contributed by atoms with van der Waals surface area (Å²) in [5.74, 6) is 0.782. The lowest BCUT2D eigenvalue weighted by atomic mass is 9.99. The molecule has 2 aromatic rings. The fourth-order valence-electron chi connectivity index (χ4n) is 3.17. The molecule has 3 nitrogen and oxygen atoms in total. The Morgan fingerprint density at radius 1 is 1.24 bits per heavy atom. The van der Waals surface area contributed by atoms with Crippen LogP contribution in [0.3, 0.4) is 0 Å². The quantitative estimate of drug-likeness (QED) is 0.732. The summed E-state index contributed by atoms with van der Waals surface area (Å²) in [6.07, 6.45) is 2.63. The number of anilines is 2. The summed E-state index contributed by atoms with van der Waals surface area (Å²) in [5, 5.41) is 7.67. The number of halogens is 1. The van der Waals surface area contributed by atoms with Crippen molar-refractivity contribution in [2.75, 3.05) is 23.3 Å². The van der Waals surface area contributed by atoms with Crippen LogP contribution in [0.1, 0.15) is 25.3 Å². The lowest BCUT2D eigenvalue weighted by molar-refractivity contribution is 0.447. The van der Waals surface area contributed by atoms with Gasteiger partial charge in [-0.25, -0.2) is 0 Å². The molecule has 0 unspecified atom stereocenters. The molecule has 2 aromatic carbocycles. The normalized spacial score (nSPS) is 17.2. The van der Waals surface area contributed by atoms with E-state index in [-0.39, 0.29) is 0 Å². The highest BCUT2D eigenvalue weighted by atomic mass is 35.5. The zero-order valence-electron chi connectivity index (χ0n) is 14.5. The van der Waals surface area contributed by atoms with Crippen LogP contribution < -0.4 is 15.5 Å².